The second-order valence-electron chi connectivity index (χ2n) is 2.97. The van der Waals surface area contributed by atoms with E-state index >= 15 is 0 Å². The minimum Gasteiger partial charge on any atom is -0.212 e. The maximum atomic E-state index is 10.9. The molecule has 0 radical (unpaired) electrons. The van der Waals surface area contributed by atoms with Crippen molar-refractivity contribution in [1.29, 1.82) is 0 Å². The van der Waals surface area contributed by atoms with Crippen LogP contribution in [0, 0.1) is 0 Å². The third kappa shape index (κ3) is 3.98. The summed E-state index contributed by atoms with van der Waals surface area (Å²) >= 11 is 3.28. The van der Waals surface area contributed by atoms with Crippen molar-refractivity contribution in [2.45, 2.75) is 5.92 Å². The molecule has 0 heterocycles. The molecular weight excluding hydrogens is 288 g/mol. The number of alkyl halides is 1. The molecule has 2 nitrogen and oxygen atoms in total. The van der Waals surface area contributed by atoms with Gasteiger partial charge in [0.1, 0.15) is 0 Å². The Hall–Kier alpha value is -0.0600. The van der Waals surface area contributed by atoms with Crippen molar-refractivity contribution in [1.82, 2.24) is 0 Å². The Balaban J connectivity index is 2.84. The maximum absolute atomic E-state index is 10.9. The molecule has 1 unspecified atom stereocenters. The van der Waals surface area contributed by atoms with Crippen LogP contribution in [-0.4, -0.2) is 19.5 Å². The van der Waals surface area contributed by atoms with E-state index in [0.717, 1.165) is 5.56 Å². The molecule has 1 atom stereocenters. The van der Waals surface area contributed by atoms with E-state index < -0.39 is 9.05 Å². The van der Waals surface area contributed by atoms with Crippen LogP contribution >= 0.6 is 26.6 Å². The van der Waals surface area contributed by atoms with E-state index in [1.165, 1.54) is 0 Å². The van der Waals surface area contributed by atoms with Crippen molar-refractivity contribution in [2.75, 3.05) is 11.1 Å². The Labute approximate surface area is 96.8 Å². The Bertz CT molecular complexity index is 377. The molecule has 0 N–H and O–H groups in total. The summed E-state index contributed by atoms with van der Waals surface area (Å²) in [5.41, 5.74) is 0.980. The van der Waals surface area contributed by atoms with Crippen molar-refractivity contribution in [3.8, 4) is 0 Å². The first kappa shape index (κ1) is 12.0. The molecule has 0 aliphatic heterocycles. The second-order valence-corrected chi connectivity index (χ2v) is 6.44. The van der Waals surface area contributed by atoms with E-state index in [4.69, 9.17) is 10.7 Å². The smallest absolute Gasteiger partial charge is 0.212 e. The molecular formula is C9H10BrClO2S. The molecule has 0 saturated carbocycles. The van der Waals surface area contributed by atoms with E-state index in [1.54, 1.807) is 0 Å². The van der Waals surface area contributed by atoms with Crippen LogP contribution in [-0.2, 0) is 9.05 Å². The third-order valence-corrected chi connectivity index (χ3v) is 3.82. The number of hydrogen-bond donors (Lipinski definition) is 0. The SMILES string of the molecule is O=S(=O)(Cl)CC(CBr)c1ccccc1. The van der Waals surface area contributed by atoms with Crippen molar-refractivity contribution in [2.24, 2.45) is 0 Å². The Morgan fingerprint density at radius 1 is 1.29 bits per heavy atom. The summed E-state index contributed by atoms with van der Waals surface area (Å²) < 4.78 is 21.8. The average Bonchev–Trinajstić information content (AvgIpc) is 2.14. The van der Waals surface area contributed by atoms with Gasteiger partial charge in [-0.3, -0.25) is 0 Å². The molecule has 0 bridgehead atoms. The molecule has 0 aliphatic carbocycles. The lowest BCUT2D eigenvalue weighted by atomic mass is 10.0. The van der Waals surface area contributed by atoms with Gasteiger partial charge in [-0.1, -0.05) is 46.3 Å². The van der Waals surface area contributed by atoms with Crippen molar-refractivity contribution < 1.29 is 8.42 Å². The van der Waals surface area contributed by atoms with Crippen LogP contribution in [0.15, 0.2) is 30.3 Å². The molecule has 1 aromatic rings. The summed E-state index contributed by atoms with van der Waals surface area (Å²) in [6.45, 7) is 0. The fourth-order valence-electron chi connectivity index (χ4n) is 1.20. The van der Waals surface area contributed by atoms with Gasteiger partial charge in [0.05, 0.1) is 5.75 Å². The van der Waals surface area contributed by atoms with Crippen LogP contribution in [0.2, 0.25) is 0 Å². The molecule has 0 amide bonds. The van der Waals surface area contributed by atoms with Crippen molar-refractivity contribution in [3.63, 3.8) is 0 Å². The predicted octanol–water partition coefficient (Wildman–Crippen LogP) is 2.73. The fourth-order valence-corrected chi connectivity index (χ4v) is 3.35. The van der Waals surface area contributed by atoms with Crippen LogP contribution in [0.4, 0.5) is 0 Å². The first-order valence-corrected chi connectivity index (χ1v) is 7.66. The highest BCUT2D eigenvalue weighted by molar-refractivity contribution is 9.09. The van der Waals surface area contributed by atoms with Gasteiger partial charge in [-0.25, -0.2) is 8.42 Å². The van der Waals surface area contributed by atoms with Gasteiger partial charge in [0, 0.05) is 21.9 Å². The van der Waals surface area contributed by atoms with Gasteiger partial charge >= 0.3 is 0 Å². The zero-order chi connectivity index (χ0) is 10.6. The van der Waals surface area contributed by atoms with E-state index in [2.05, 4.69) is 15.9 Å². The van der Waals surface area contributed by atoms with Crippen LogP contribution < -0.4 is 0 Å². The van der Waals surface area contributed by atoms with E-state index in [9.17, 15) is 8.42 Å². The molecule has 1 aromatic carbocycles. The highest BCUT2D eigenvalue weighted by Gasteiger charge is 2.17. The average molecular weight is 298 g/mol. The summed E-state index contributed by atoms with van der Waals surface area (Å²) in [7, 11) is 1.77. The molecule has 0 aliphatic rings. The summed E-state index contributed by atoms with van der Waals surface area (Å²) in [5.74, 6) is -0.122. The summed E-state index contributed by atoms with van der Waals surface area (Å²) in [4.78, 5) is 0. The standard InChI is InChI=1S/C9H10BrClO2S/c10-6-9(7-14(11,12)13)8-4-2-1-3-5-8/h1-5,9H,6-7H2. The summed E-state index contributed by atoms with van der Waals surface area (Å²) in [6.07, 6.45) is 0. The number of hydrogen-bond acceptors (Lipinski definition) is 2. The largest absolute Gasteiger partial charge is 0.233 e. The zero-order valence-corrected chi connectivity index (χ0v) is 10.5. The number of halogens is 2. The highest BCUT2D eigenvalue weighted by Crippen LogP contribution is 2.21. The second kappa shape index (κ2) is 5.14. The van der Waals surface area contributed by atoms with Gasteiger partial charge < -0.3 is 0 Å². The van der Waals surface area contributed by atoms with Gasteiger partial charge in [-0.15, -0.1) is 0 Å². The lowest BCUT2D eigenvalue weighted by Crippen LogP contribution is -2.11. The maximum Gasteiger partial charge on any atom is 0.233 e. The van der Waals surface area contributed by atoms with Crippen molar-refractivity contribution in [3.05, 3.63) is 35.9 Å². The van der Waals surface area contributed by atoms with Crippen LogP contribution in [0.3, 0.4) is 0 Å². The molecule has 0 aromatic heterocycles. The monoisotopic (exact) mass is 296 g/mol. The normalized spacial score (nSPS) is 13.9. The quantitative estimate of drug-likeness (QED) is 0.632. The first-order valence-electron chi connectivity index (χ1n) is 4.06. The molecule has 78 valence electrons. The van der Waals surface area contributed by atoms with Crippen LogP contribution in [0.5, 0.6) is 0 Å². The topological polar surface area (TPSA) is 34.1 Å². The van der Waals surface area contributed by atoms with Gasteiger partial charge in [0.15, 0.2) is 0 Å². The Morgan fingerprint density at radius 3 is 2.29 bits per heavy atom. The van der Waals surface area contributed by atoms with Gasteiger partial charge in [-0.2, -0.15) is 0 Å². The molecule has 5 heteroatoms. The molecule has 0 fully saturated rings. The Kier molecular flexibility index (Phi) is 4.41. The summed E-state index contributed by atoms with van der Waals surface area (Å²) in [5, 5.41) is 0.586. The van der Waals surface area contributed by atoms with Gasteiger partial charge in [0.2, 0.25) is 9.05 Å². The lowest BCUT2D eigenvalue weighted by Gasteiger charge is -2.11. The highest BCUT2D eigenvalue weighted by atomic mass is 79.9. The van der Waals surface area contributed by atoms with E-state index in [-0.39, 0.29) is 11.7 Å². The molecule has 1 rings (SSSR count). The zero-order valence-electron chi connectivity index (χ0n) is 7.36. The van der Waals surface area contributed by atoms with E-state index in [1.807, 2.05) is 30.3 Å². The molecule has 0 spiro atoms. The van der Waals surface area contributed by atoms with Crippen molar-refractivity contribution >= 4 is 35.7 Å². The lowest BCUT2D eigenvalue weighted by molar-refractivity contribution is 0.605. The third-order valence-electron chi connectivity index (χ3n) is 1.86. The van der Waals surface area contributed by atoms with Crippen LogP contribution in [0.1, 0.15) is 11.5 Å². The minimum absolute atomic E-state index is 0.0379. The fraction of sp³-hybridized carbons (Fsp3) is 0.333. The first-order chi connectivity index (χ1) is 6.53. The number of rotatable bonds is 4. The van der Waals surface area contributed by atoms with Gasteiger partial charge in [0.25, 0.3) is 0 Å². The molecule has 0 saturated heterocycles. The number of benzene rings is 1. The van der Waals surface area contributed by atoms with E-state index in [0.29, 0.717) is 5.33 Å². The van der Waals surface area contributed by atoms with Crippen LogP contribution in [0.25, 0.3) is 0 Å². The summed E-state index contributed by atoms with van der Waals surface area (Å²) in [6, 6.07) is 9.45. The molecule has 14 heavy (non-hydrogen) atoms. The predicted molar refractivity (Wildman–Crippen MR) is 62.6 cm³/mol. The Morgan fingerprint density at radius 2 is 1.86 bits per heavy atom. The minimum atomic E-state index is -3.44. The van der Waals surface area contributed by atoms with Gasteiger partial charge in [-0.05, 0) is 5.56 Å².